The number of halogens is 1. The van der Waals surface area contributed by atoms with Crippen LogP contribution < -0.4 is 15.5 Å². The summed E-state index contributed by atoms with van der Waals surface area (Å²) in [6.07, 6.45) is 0. The summed E-state index contributed by atoms with van der Waals surface area (Å²) in [7, 11) is 0. The van der Waals surface area contributed by atoms with Gasteiger partial charge in [-0.2, -0.15) is 0 Å². The fourth-order valence-corrected chi connectivity index (χ4v) is 4.24. The number of carbonyl (C=O) groups is 1. The van der Waals surface area contributed by atoms with Gasteiger partial charge in [0, 0.05) is 54.7 Å². The second kappa shape index (κ2) is 10.8. The number of benzene rings is 3. The third-order valence-electron chi connectivity index (χ3n) is 5.76. The molecule has 170 valence electrons. The molecule has 33 heavy (non-hydrogen) atoms. The SMILES string of the molecule is Cc1ccc(C(=O)NC(=S)Nc2ccc(N3CCN(Cc4ccccc4Cl)CC3)cc2)cc1. The highest BCUT2D eigenvalue weighted by Gasteiger charge is 2.18. The van der Waals surface area contributed by atoms with Gasteiger partial charge in [-0.05, 0) is 67.2 Å². The molecule has 1 fully saturated rings. The minimum atomic E-state index is -0.223. The first-order chi connectivity index (χ1) is 16.0. The predicted molar refractivity (Wildman–Crippen MR) is 140 cm³/mol. The van der Waals surface area contributed by atoms with E-state index in [0.717, 1.165) is 49.0 Å². The first-order valence-corrected chi connectivity index (χ1v) is 11.8. The number of aryl methyl sites for hydroxylation is 1. The number of carbonyl (C=O) groups excluding carboxylic acids is 1. The molecule has 2 N–H and O–H groups in total. The molecule has 0 radical (unpaired) electrons. The van der Waals surface area contributed by atoms with Crippen LogP contribution in [0.5, 0.6) is 0 Å². The van der Waals surface area contributed by atoms with Gasteiger partial charge in [-0.1, -0.05) is 47.5 Å². The van der Waals surface area contributed by atoms with Gasteiger partial charge < -0.3 is 10.2 Å². The maximum Gasteiger partial charge on any atom is 0.257 e. The molecule has 1 aliphatic heterocycles. The molecule has 4 rings (SSSR count). The molecule has 0 atom stereocenters. The molecule has 0 aromatic heterocycles. The molecule has 0 bridgehead atoms. The number of thiocarbonyl (C=S) groups is 1. The number of rotatable bonds is 5. The van der Waals surface area contributed by atoms with E-state index in [1.54, 1.807) is 12.1 Å². The summed E-state index contributed by atoms with van der Waals surface area (Å²) in [5.41, 5.74) is 4.87. The average molecular weight is 479 g/mol. The van der Waals surface area contributed by atoms with E-state index in [0.29, 0.717) is 5.56 Å². The van der Waals surface area contributed by atoms with Crippen molar-refractivity contribution in [2.75, 3.05) is 36.4 Å². The first-order valence-electron chi connectivity index (χ1n) is 11.0. The van der Waals surface area contributed by atoms with E-state index < -0.39 is 0 Å². The predicted octanol–water partition coefficient (Wildman–Crippen LogP) is 5.10. The molecule has 7 heteroatoms. The molecular weight excluding hydrogens is 452 g/mol. The molecule has 0 unspecified atom stereocenters. The normalized spacial score (nSPS) is 14.1. The summed E-state index contributed by atoms with van der Waals surface area (Å²) in [4.78, 5) is 17.1. The summed E-state index contributed by atoms with van der Waals surface area (Å²) in [5.74, 6) is -0.223. The van der Waals surface area contributed by atoms with Gasteiger partial charge in [0.15, 0.2) is 5.11 Å². The number of hydrogen-bond acceptors (Lipinski definition) is 4. The molecule has 3 aromatic carbocycles. The molecule has 1 amide bonds. The molecule has 3 aromatic rings. The van der Waals surface area contributed by atoms with Crippen LogP contribution >= 0.6 is 23.8 Å². The van der Waals surface area contributed by atoms with Crippen molar-refractivity contribution in [2.24, 2.45) is 0 Å². The van der Waals surface area contributed by atoms with E-state index in [-0.39, 0.29) is 11.0 Å². The monoisotopic (exact) mass is 478 g/mol. The number of nitrogens with one attached hydrogen (secondary N) is 2. The van der Waals surface area contributed by atoms with E-state index >= 15 is 0 Å². The number of nitrogens with zero attached hydrogens (tertiary/aromatic N) is 2. The summed E-state index contributed by atoms with van der Waals surface area (Å²) < 4.78 is 0. The number of anilines is 2. The fraction of sp³-hybridized carbons (Fsp3) is 0.231. The molecule has 1 heterocycles. The Hall–Kier alpha value is -2.93. The zero-order valence-electron chi connectivity index (χ0n) is 18.6. The van der Waals surface area contributed by atoms with Gasteiger partial charge in [0.1, 0.15) is 0 Å². The van der Waals surface area contributed by atoms with Gasteiger partial charge >= 0.3 is 0 Å². The second-order valence-electron chi connectivity index (χ2n) is 8.18. The van der Waals surface area contributed by atoms with Gasteiger partial charge in [-0.25, -0.2) is 0 Å². The summed E-state index contributed by atoms with van der Waals surface area (Å²) >= 11 is 11.6. The van der Waals surface area contributed by atoms with Crippen molar-refractivity contribution < 1.29 is 4.79 Å². The third kappa shape index (κ3) is 6.32. The van der Waals surface area contributed by atoms with E-state index in [1.165, 1.54) is 11.3 Å². The fourth-order valence-electron chi connectivity index (χ4n) is 3.83. The minimum Gasteiger partial charge on any atom is -0.369 e. The van der Waals surface area contributed by atoms with Crippen LogP contribution in [0.1, 0.15) is 21.5 Å². The van der Waals surface area contributed by atoms with E-state index in [2.05, 4.69) is 38.6 Å². The lowest BCUT2D eigenvalue weighted by molar-refractivity contribution is 0.0977. The van der Waals surface area contributed by atoms with Crippen LogP contribution in [0.25, 0.3) is 0 Å². The maximum atomic E-state index is 12.3. The molecule has 5 nitrogen and oxygen atoms in total. The zero-order valence-corrected chi connectivity index (χ0v) is 20.1. The molecule has 1 saturated heterocycles. The summed E-state index contributed by atoms with van der Waals surface area (Å²) in [5, 5.41) is 6.92. The van der Waals surface area contributed by atoms with Gasteiger partial charge in [0.2, 0.25) is 0 Å². The Bertz CT molecular complexity index is 1110. The molecule has 1 aliphatic rings. The maximum absolute atomic E-state index is 12.3. The summed E-state index contributed by atoms with van der Waals surface area (Å²) in [6.45, 7) is 6.76. The highest BCUT2D eigenvalue weighted by atomic mass is 35.5. The van der Waals surface area contributed by atoms with E-state index in [4.69, 9.17) is 23.8 Å². The largest absolute Gasteiger partial charge is 0.369 e. The van der Waals surface area contributed by atoms with Gasteiger partial charge in [0.05, 0.1) is 0 Å². The van der Waals surface area contributed by atoms with Crippen molar-refractivity contribution >= 4 is 46.2 Å². The second-order valence-corrected chi connectivity index (χ2v) is 8.99. The summed E-state index contributed by atoms with van der Waals surface area (Å²) in [6, 6.07) is 23.5. The van der Waals surface area contributed by atoms with Crippen molar-refractivity contribution in [3.05, 3.63) is 94.5 Å². The molecule has 0 saturated carbocycles. The smallest absolute Gasteiger partial charge is 0.257 e. The van der Waals surface area contributed by atoms with Crippen LogP contribution in [0.2, 0.25) is 5.02 Å². The van der Waals surface area contributed by atoms with Crippen molar-refractivity contribution in [1.29, 1.82) is 0 Å². The third-order valence-corrected chi connectivity index (χ3v) is 6.33. The van der Waals surface area contributed by atoms with Crippen molar-refractivity contribution in [1.82, 2.24) is 10.2 Å². The Morgan fingerprint density at radius 1 is 0.939 bits per heavy atom. The lowest BCUT2D eigenvalue weighted by Crippen LogP contribution is -2.46. The standard InChI is InChI=1S/C26H27ClN4OS/c1-19-6-8-20(9-7-19)25(32)29-26(33)28-22-10-12-23(13-11-22)31-16-14-30(15-17-31)18-21-4-2-3-5-24(21)27/h2-13H,14-18H2,1H3,(H2,28,29,32,33). The molecule has 0 aliphatic carbocycles. The van der Waals surface area contributed by atoms with Crippen LogP contribution in [-0.2, 0) is 6.54 Å². The van der Waals surface area contributed by atoms with Crippen LogP contribution in [0.3, 0.4) is 0 Å². The average Bonchev–Trinajstić information content (AvgIpc) is 2.82. The van der Waals surface area contributed by atoms with Crippen molar-refractivity contribution in [2.45, 2.75) is 13.5 Å². The van der Waals surface area contributed by atoms with Crippen molar-refractivity contribution in [3.63, 3.8) is 0 Å². The lowest BCUT2D eigenvalue weighted by Gasteiger charge is -2.36. The Morgan fingerprint density at radius 3 is 2.27 bits per heavy atom. The molecule has 0 spiro atoms. The Labute approximate surface area is 205 Å². The number of amides is 1. The van der Waals surface area contributed by atoms with E-state index in [1.807, 2.05) is 49.4 Å². The van der Waals surface area contributed by atoms with Gasteiger partial charge in [-0.15, -0.1) is 0 Å². The Morgan fingerprint density at radius 2 is 1.61 bits per heavy atom. The Kier molecular flexibility index (Phi) is 7.60. The van der Waals surface area contributed by atoms with Crippen LogP contribution in [0, 0.1) is 6.92 Å². The number of hydrogen-bond donors (Lipinski definition) is 2. The minimum absolute atomic E-state index is 0.223. The highest BCUT2D eigenvalue weighted by molar-refractivity contribution is 7.80. The highest BCUT2D eigenvalue weighted by Crippen LogP contribution is 2.22. The first kappa shape index (κ1) is 23.2. The van der Waals surface area contributed by atoms with Gasteiger partial charge in [-0.3, -0.25) is 15.0 Å². The quantitative estimate of drug-likeness (QED) is 0.500. The zero-order chi connectivity index (χ0) is 23.2. The lowest BCUT2D eigenvalue weighted by atomic mass is 10.1. The van der Waals surface area contributed by atoms with Gasteiger partial charge in [0.25, 0.3) is 5.91 Å². The number of piperazine rings is 1. The van der Waals surface area contributed by atoms with Crippen LogP contribution in [0.15, 0.2) is 72.8 Å². The molecular formula is C26H27ClN4OS. The van der Waals surface area contributed by atoms with Crippen LogP contribution in [0.4, 0.5) is 11.4 Å². The van der Waals surface area contributed by atoms with E-state index in [9.17, 15) is 4.79 Å². The van der Waals surface area contributed by atoms with Crippen molar-refractivity contribution in [3.8, 4) is 0 Å². The Balaban J connectivity index is 1.26. The topological polar surface area (TPSA) is 47.6 Å². The van der Waals surface area contributed by atoms with Crippen LogP contribution in [-0.4, -0.2) is 42.1 Å².